The van der Waals surface area contributed by atoms with Gasteiger partial charge in [0.2, 0.25) is 15.9 Å². The molecule has 6 nitrogen and oxygen atoms in total. The van der Waals surface area contributed by atoms with Crippen LogP contribution in [-0.2, 0) is 21.4 Å². The summed E-state index contributed by atoms with van der Waals surface area (Å²) in [6.07, 6.45) is 0. The highest BCUT2D eigenvalue weighted by molar-refractivity contribution is 7.89. The lowest BCUT2D eigenvalue weighted by Gasteiger charge is -2.23. The zero-order chi connectivity index (χ0) is 23.1. The van der Waals surface area contributed by atoms with E-state index >= 15 is 0 Å². The molecule has 0 aliphatic rings. The first-order chi connectivity index (χ1) is 15.3. The van der Waals surface area contributed by atoms with Crippen LogP contribution in [0.15, 0.2) is 83.8 Å². The molecule has 3 aromatic carbocycles. The maximum atomic E-state index is 13.4. The van der Waals surface area contributed by atoms with Crippen LogP contribution in [0, 0.1) is 0 Å². The molecule has 0 bridgehead atoms. The smallest absolute Gasteiger partial charge is 0.243 e. The molecular formula is C24H25ClN2O4S. The zero-order valence-corrected chi connectivity index (χ0v) is 19.4. The maximum Gasteiger partial charge on any atom is 0.243 e. The Kier molecular flexibility index (Phi) is 7.90. The van der Waals surface area contributed by atoms with E-state index in [0.717, 1.165) is 15.4 Å². The fourth-order valence-corrected chi connectivity index (χ4v) is 4.98. The lowest BCUT2D eigenvalue weighted by atomic mass is 10.1. The normalized spacial score (nSPS) is 12.4. The van der Waals surface area contributed by atoms with Gasteiger partial charge in [0.15, 0.2) is 0 Å². The predicted octanol–water partition coefficient (Wildman–Crippen LogP) is 4.42. The van der Waals surface area contributed by atoms with Crippen LogP contribution in [0.1, 0.15) is 24.1 Å². The number of halogens is 1. The zero-order valence-electron chi connectivity index (χ0n) is 17.9. The van der Waals surface area contributed by atoms with Gasteiger partial charge in [-0.15, -0.1) is 0 Å². The minimum Gasteiger partial charge on any atom is -0.495 e. The molecule has 168 valence electrons. The number of ether oxygens (including phenoxy) is 1. The molecular weight excluding hydrogens is 448 g/mol. The van der Waals surface area contributed by atoms with Crippen molar-refractivity contribution in [3.05, 3.63) is 95.0 Å². The topological polar surface area (TPSA) is 75.7 Å². The van der Waals surface area contributed by atoms with Crippen molar-refractivity contribution in [3.8, 4) is 5.75 Å². The molecule has 0 saturated heterocycles. The number of benzene rings is 3. The fourth-order valence-electron chi connectivity index (χ4n) is 3.24. The van der Waals surface area contributed by atoms with Crippen LogP contribution in [0.25, 0.3) is 0 Å². The van der Waals surface area contributed by atoms with Crippen molar-refractivity contribution >= 4 is 27.5 Å². The van der Waals surface area contributed by atoms with E-state index in [1.54, 1.807) is 0 Å². The van der Waals surface area contributed by atoms with Gasteiger partial charge in [0.1, 0.15) is 5.75 Å². The average Bonchev–Trinajstić information content (AvgIpc) is 2.79. The number of carbonyl (C=O) groups is 1. The summed E-state index contributed by atoms with van der Waals surface area (Å²) in [7, 11) is -2.56. The number of sulfonamides is 1. The second-order valence-electron chi connectivity index (χ2n) is 7.25. The van der Waals surface area contributed by atoms with Crippen LogP contribution in [0.5, 0.6) is 5.75 Å². The number of nitrogens with zero attached hydrogens (tertiary/aromatic N) is 1. The van der Waals surface area contributed by atoms with Gasteiger partial charge < -0.3 is 10.1 Å². The van der Waals surface area contributed by atoms with Crippen molar-refractivity contribution in [2.75, 3.05) is 13.7 Å². The summed E-state index contributed by atoms with van der Waals surface area (Å²) in [6, 6.07) is 22.6. The van der Waals surface area contributed by atoms with Gasteiger partial charge in [0.25, 0.3) is 0 Å². The second kappa shape index (κ2) is 10.6. The molecule has 0 saturated carbocycles. The number of amides is 1. The second-order valence-corrected chi connectivity index (χ2v) is 9.60. The SMILES string of the molecule is COc1ccc(S(=O)(=O)N(CC(=O)N[C@@H](C)c2ccccc2)Cc2ccccc2)cc1Cl. The molecule has 0 radical (unpaired) electrons. The molecule has 0 unspecified atom stereocenters. The summed E-state index contributed by atoms with van der Waals surface area (Å²) in [4.78, 5) is 12.8. The van der Waals surface area contributed by atoms with E-state index in [9.17, 15) is 13.2 Å². The molecule has 0 spiro atoms. The third-order valence-corrected chi connectivity index (χ3v) is 7.04. The minimum absolute atomic E-state index is 0.0110. The van der Waals surface area contributed by atoms with Gasteiger partial charge in [-0.3, -0.25) is 4.79 Å². The van der Waals surface area contributed by atoms with Crippen molar-refractivity contribution in [1.82, 2.24) is 9.62 Å². The van der Waals surface area contributed by atoms with Crippen molar-refractivity contribution in [1.29, 1.82) is 0 Å². The number of rotatable bonds is 9. The Balaban J connectivity index is 1.86. The van der Waals surface area contributed by atoms with E-state index in [1.807, 2.05) is 67.6 Å². The van der Waals surface area contributed by atoms with Crippen LogP contribution >= 0.6 is 11.6 Å². The van der Waals surface area contributed by atoms with Gasteiger partial charge >= 0.3 is 0 Å². The Morgan fingerprint density at radius 2 is 1.66 bits per heavy atom. The third kappa shape index (κ3) is 5.88. The first-order valence-electron chi connectivity index (χ1n) is 10.0. The maximum absolute atomic E-state index is 13.4. The molecule has 8 heteroatoms. The Bertz CT molecular complexity index is 1160. The summed E-state index contributed by atoms with van der Waals surface area (Å²) in [6.45, 7) is 1.56. The molecule has 3 rings (SSSR count). The number of nitrogens with one attached hydrogen (secondary N) is 1. The molecule has 1 atom stereocenters. The van der Waals surface area contributed by atoms with E-state index in [-0.39, 0.29) is 29.0 Å². The van der Waals surface area contributed by atoms with Gasteiger partial charge in [-0.25, -0.2) is 8.42 Å². The van der Waals surface area contributed by atoms with Crippen LogP contribution in [0.3, 0.4) is 0 Å². The fraction of sp³-hybridized carbons (Fsp3) is 0.208. The lowest BCUT2D eigenvalue weighted by molar-refractivity contribution is -0.122. The Morgan fingerprint density at radius 1 is 1.03 bits per heavy atom. The van der Waals surface area contributed by atoms with Crippen LogP contribution in [-0.4, -0.2) is 32.3 Å². The molecule has 0 fully saturated rings. The predicted molar refractivity (Wildman–Crippen MR) is 125 cm³/mol. The van der Waals surface area contributed by atoms with E-state index < -0.39 is 15.9 Å². The van der Waals surface area contributed by atoms with E-state index in [1.165, 1.54) is 25.3 Å². The number of carbonyl (C=O) groups excluding carboxylic acids is 1. The van der Waals surface area contributed by atoms with Crippen LogP contribution in [0.4, 0.5) is 0 Å². The molecule has 1 N–H and O–H groups in total. The van der Waals surface area contributed by atoms with Gasteiger partial charge in [0.05, 0.1) is 29.6 Å². The number of hydrogen-bond acceptors (Lipinski definition) is 4. The highest BCUT2D eigenvalue weighted by Crippen LogP contribution is 2.29. The summed E-state index contributed by atoms with van der Waals surface area (Å²) in [5.41, 5.74) is 1.69. The third-order valence-electron chi connectivity index (χ3n) is 4.96. The molecule has 3 aromatic rings. The largest absolute Gasteiger partial charge is 0.495 e. The Morgan fingerprint density at radius 3 is 2.25 bits per heavy atom. The molecule has 32 heavy (non-hydrogen) atoms. The molecule has 0 aromatic heterocycles. The molecule has 0 aliphatic carbocycles. The van der Waals surface area contributed by atoms with Crippen LogP contribution in [0.2, 0.25) is 5.02 Å². The van der Waals surface area contributed by atoms with Crippen LogP contribution < -0.4 is 10.1 Å². The highest BCUT2D eigenvalue weighted by atomic mass is 35.5. The van der Waals surface area contributed by atoms with Crippen molar-refractivity contribution < 1.29 is 17.9 Å². The Labute approximate surface area is 193 Å². The molecule has 0 aliphatic heterocycles. The molecule has 1 amide bonds. The first-order valence-corrected chi connectivity index (χ1v) is 11.8. The van der Waals surface area contributed by atoms with Crippen molar-refractivity contribution in [3.63, 3.8) is 0 Å². The van der Waals surface area contributed by atoms with Crippen molar-refractivity contribution in [2.45, 2.75) is 24.4 Å². The van der Waals surface area contributed by atoms with Gasteiger partial charge in [-0.1, -0.05) is 72.3 Å². The lowest BCUT2D eigenvalue weighted by Crippen LogP contribution is -2.41. The van der Waals surface area contributed by atoms with Gasteiger partial charge in [0, 0.05) is 6.54 Å². The quantitative estimate of drug-likeness (QED) is 0.500. The highest BCUT2D eigenvalue weighted by Gasteiger charge is 2.28. The van der Waals surface area contributed by atoms with E-state index in [4.69, 9.17) is 16.3 Å². The number of methoxy groups -OCH3 is 1. The standard InChI is InChI=1S/C24H25ClN2O4S/c1-18(20-11-7-4-8-12-20)26-24(28)17-27(16-19-9-5-3-6-10-19)32(29,30)21-13-14-23(31-2)22(25)15-21/h3-15,18H,16-17H2,1-2H3,(H,26,28)/t18-/m0/s1. The molecule has 0 heterocycles. The van der Waals surface area contributed by atoms with Crippen molar-refractivity contribution in [2.24, 2.45) is 0 Å². The monoisotopic (exact) mass is 472 g/mol. The van der Waals surface area contributed by atoms with E-state index in [0.29, 0.717) is 5.75 Å². The first kappa shape index (κ1) is 23.8. The minimum atomic E-state index is -4.01. The van der Waals surface area contributed by atoms with E-state index in [2.05, 4.69) is 5.32 Å². The Hall–Kier alpha value is -2.87. The van der Waals surface area contributed by atoms with Gasteiger partial charge in [-0.2, -0.15) is 4.31 Å². The number of hydrogen-bond donors (Lipinski definition) is 1. The summed E-state index contributed by atoms with van der Waals surface area (Å²) in [5.74, 6) is -0.0323. The summed E-state index contributed by atoms with van der Waals surface area (Å²) < 4.78 is 33.1. The average molecular weight is 473 g/mol. The van der Waals surface area contributed by atoms with Gasteiger partial charge in [-0.05, 0) is 36.2 Å². The summed E-state index contributed by atoms with van der Waals surface area (Å²) in [5, 5.41) is 3.05. The summed E-state index contributed by atoms with van der Waals surface area (Å²) >= 11 is 6.16.